The van der Waals surface area contributed by atoms with E-state index in [1.807, 2.05) is 0 Å². The third-order valence-corrected chi connectivity index (χ3v) is 3.76. The number of fused-ring (bicyclic) bond motifs is 1. The standard InChI is InChI=1S/C14H13N5O/c1-2-4-10-7-11(6-5-9(10)3-1)14-17-13(19-20-14)12-15-8-16-18-12/h1-4,8,11H,5-7H2,(H,15,16,18). The highest BCUT2D eigenvalue weighted by atomic mass is 16.5. The highest BCUT2D eigenvalue weighted by Gasteiger charge is 2.25. The van der Waals surface area contributed by atoms with E-state index in [1.54, 1.807) is 0 Å². The zero-order valence-corrected chi connectivity index (χ0v) is 10.8. The maximum Gasteiger partial charge on any atom is 0.239 e. The molecule has 6 heteroatoms. The van der Waals surface area contributed by atoms with Gasteiger partial charge in [-0.25, -0.2) is 4.98 Å². The lowest BCUT2D eigenvalue weighted by atomic mass is 9.84. The summed E-state index contributed by atoms with van der Waals surface area (Å²) in [5.41, 5.74) is 2.81. The van der Waals surface area contributed by atoms with Crippen LogP contribution in [-0.2, 0) is 12.8 Å². The molecule has 100 valence electrons. The second-order valence-electron chi connectivity index (χ2n) is 5.00. The Bertz CT molecular complexity index is 719. The number of rotatable bonds is 2. The summed E-state index contributed by atoms with van der Waals surface area (Å²) in [6.45, 7) is 0. The molecule has 1 aliphatic carbocycles. The fourth-order valence-electron chi connectivity index (χ4n) is 2.72. The number of benzene rings is 1. The van der Waals surface area contributed by atoms with Crippen LogP contribution in [0.3, 0.4) is 0 Å². The Balaban J connectivity index is 1.60. The Labute approximate surface area is 115 Å². The topological polar surface area (TPSA) is 80.5 Å². The van der Waals surface area contributed by atoms with Crippen molar-refractivity contribution in [3.63, 3.8) is 0 Å². The molecule has 1 atom stereocenters. The van der Waals surface area contributed by atoms with Gasteiger partial charge in [0.05, 0.1) is 0 Å². The molecule has 4 rings (SSSR count). The van der Waals surface area contributed by atoms with E-state index >= 15 is 0 Å². The van der Waals surface area contributed by atoms with Crippen LogP contribution in [0.4, 0.5) is 0 Å². The van der Waals surface area contributed by atoms with Crippen LogP contribution in [0, 0.1) is 0 Å². The molecule has 0 saturated heterocycles. The van der Waals surface area contributed by atoms with Crippen LogP contribution in [0.1, 0.15) is 29.4 Å². The SMILES string of the molecule is c1ccc2c(c1)CCC(c1nc(-c3ncn[nH]3)no1)C2. The number of hydrogen-bond acceptors (Lipinski definition) is 5. The van der Waals surface area contributed by atoms with Crippen LogP contribution < -0.4 is 0 Å². The van der Waals surface area contributed by atoms with E-state index in [2.05, 4.69) is 49.6 Å². The molecule has 0 fully saturated rings. The van der Waals surface area contributed by atoms with Gasteiger partial charge in [0.25, 0.3) is 0 Å². The molecule has 0 bridgehead atoms. The van der Waals surface area contributed by atoms with Crippen LogP contribution >= 0.6 is 0 Å². The molecule has 6 nitrogen and oxygen atoms in total. The second-order valence-corrected chi connectivity index (χ2v) is 5.00. The minimum atomic E-state index is 0.286. The third kappa shape index (κ3) is 1.89. The van der Waals surface area contributed by atoms with Gasteiger partial charge < -0.3 is 4.52 Å². The predicted molar refractivity (Wildman–Crippen MR) is 70.9 cm³/mol. The van der Waals surface area contributed by atoms with Crippen molar-refractivity contribution in [2.24, 2.45) is 0 Å². The summed E-state index contributed by atoms with van der Waals surface area (Å²) in [5.74, 6) is 1.98. The first-order valence-electron chi connectivity index (χ1n) is 6.66. The number of nitrogens with zero attached hydrogens (tertiary/aromatic N) is 4. The van der Waals surface area contributed by atoms with Crippen LogP contribution in [0.15, 0.2) is 35.1 Å². The first-order chi connectivity index (χ1) is 9.90. The molecule has 0 radical (unpaired) electrons. The minimum absolute atomic E-state index is 0.286. The number of hydrogen-bond donors (Lipinski definition) is 1. The van der Waals surface area contributed by atoms with Gasteiger partial charge in [-0.1, -0.05) is 29.4 Å². The molecule has 1 aromatic carbocycles. The lowest BCUT2D eigenvalue weighted by Gasteiger charge is -2.21. The molecule has 0 spiro atoms. The zero-order chi connectivity index (χ0) is 13.4. The Morgan fingerprint density at radius 1 is 1.20 bits per heavy atom. The van der Waals surface area contributed by atoms with Gasteiger partial charge >= 0.3 is 0 Å². The summed E-state index contributed by atoms with van der Waals surface area (Å²) >= 11 is 0. The lowest BCUT2D eigenvalue weighted by Crippen LogP contribution is -2.12. The monoisotopic (exact) mass is 267 g/mol. The molecule has 1 aliphatic rings. The average molecular weight is 267 g/mol. The zero-order valence-electron chi connectivity index (χ0n) is 10.8. The van der Waals surface area contributed by atoms with Crippen molar-refractivity contribution in [3.8, 4) is 11.6 Å². The number of aryl methyl sites for hydroxylation is 1. The molecule has 0 aliphatic heterocycles. The molecule has 1 N–H and O–H groups in total. The molecule has 2 aromatic heterocycles. The van der Waals surface area contributed by atoms with Gasteiger partial charge in [-0.05, 0) is 30.4 Å². The Morgan fingerprint density at radius 2 is 2.10 bits per heavy atom. The normalized spacial score (nSPS) is 17.9. The Hall–Kier alpha value is -2.50. The highest BCUT2D eigenvalue weighted by molar-refractivity contribution is 5.40. The third-order valence-electron chi connectivity index (χ3n) is 3.76. The quantitative estimate of drug-likeness (QED) is 0.769. The van der Waals surface area contributed by atoms with Crippen molar-refractivity contribution in [1.29, 1.82) is 0 Å². The summed E-state index contributed by atoms with van der Waals surface area (Å²) in [4.78, 5) is 8.47. The van der Waals surface area contributed by atoms with Crippen LogP contribution in [0.2, 0.25) is 0 Å². The van der Waals surface area contributed by atoms with Crippen molar-refractivity contribution < 1.29 is 4.52 Å². The molecule has 0 saturated carbocycles. The van der Waals surface area contributed by atoms with E-state index < -0.39 is 0 Å². The Kier molecular flexibility index (Phi) is 2.58. The van der Waals surface area contributed by atoms with Gasteiger partial charge in [0.15, 0.2) is 5.82 Å². The van der Waals surface area contributed by atoms with Gasteiger partial charge in [0.1, 0.15) is 6.33 Å². The van der Waals surface area contributed by atoms with Crippen molar-refractivity contribution >= 4 is 0 Å². The van der Waals surface area contributed by atoms with Crippen molar-refractivity contribution in [2.45, 2.75) is 25.2 Å². The lowest BCUT2D eigenvalue weighted by molar-refractivity contribution is 0.341. The van der Waals surface area contributed by atoms with Crippen LogP contribution in [0.25, 0.3) is 11.6 Å². The van der Waals surface area contributed by atoms with Gasteiger partial charge in [0.2, 0.25) is 11.7 Å². The number of aromatic amines is 1. The molecule has 1 unspecified atom stereocenters. The van der Waals surface area contributed by atoms with Gasteiger partial charge in [-0.15, -0.1) is 0 Å². The first-order valence-corrected chi connectivity index (χ1v) is 6.66. The molecule has 20 heavy (non-hydrogen) atoms. The van der Waals surface area contributed by atoms with E-state index in [9.17, 15) is 0 Å². The highest BCUT2D eigenvalue weighted by Crippen LogP contribution is 2.32. The maximum absolute atomic E-state index is 5.39. The molecular weight excluding hydrogens is 254 g/mol. The minimum Gasteiger partial charge on any atom is -0.339 e. The van der Waals surface area contributed by atoms with Crippen molar-refractivity contribution in [3.05, 3.63) is 47.6 Å². The van der Waals surface area contributed by atoms with E-state index in [0.29, 0.717) is 17.5 Å². The van der Waals surface area contributed by atoms with Crippen molar-refractivity contribution in [2.75, 3.05) is 0 Å². The fourth-order valence-corrected chi connectivity index (χ4v) is 2.72. The van der Waals surface area contributed by atoms with Crippen LogP contribution in [-0.4, -0.2) is 25.3 Å². The number of H-pyrrole nitrogens is 1. The van der Waals surface area contributed by atoms with Gasteiger partial charge in [0, 0.05) is 5.92 Å². The van der Waals surface area contributed by atoms with Crippen molar-refractivity contribution in [1.82, 2.24) is 25.3 Å². The smallest absolute Gasteiger partial charge is 0.239 e. The van der Waals surface area contributed by atoms with E-state index in [-0.39, 0.29) is 5.92 Å². The number of nitrogens with one attached hydrogen (secondary N) is 1. The maximum atomic E-state index is 5.39. The Morgan fingerprint density at radius 3 is 2.95 bits per heavy atom. The van der Waals surface area contributed by atoms with E-state index in [1.165, 1.54) is 17.5 Å². The fraction of sp³-hybridized carbons (Fsp3) is 0.286. The molecule has 0 amide bonds. The summed E-state index contributed by atoms with van der Waals surface area (Å²) in [6, 6.07) is 8.54. The summed E-state index contributed by atoms with van der Waals surface area (Å²) < 4.78 is 5.39. The molecule has 3 aromatic rings. The van der Waals surface area contributed by atoms with E-state index in [4.69, 9.17) is 4.52 Å². The van der Waals surface area contributed by atoms with Gasteiger partial charge in [-0.2, -0.15) is 10.1 Å². The second kappa shape index (κ2) is 4.56. The summed E-state index contributed by atoms with van der Waals surface area (Å²) in [5, 5.41) is 10.5. The molecular formula is C14H13N5O. The van der Waals surface area contributed by atoms with Gasteiger partial charge in [-0.3, -0.25) is 5.10 Å². The average Bonchev–Trinajstić information content (AvgIpc) is 3.17. The largest absolute Gasteiger partial charge is 0.339 e. The molecule has 2 heterocycles. The summed E-state index contributed by atoms with van der Waals surface area (Å²) in [6.07, 6.45) is 4.48. The first kappa shape index (κ1) is 11.3. The predicted octanol–water partition coefficient (Wildman–Crippen LogP) is 2.13. The van der Waals surface area contributed by atoms with Crippen LogP contribution in [0.5, 0.6) is 0 Å². The van der Waals surface area contributed by atoms with E-state index in [0.717, 1.165) is 19.3 Å². The number of aromatic nitrogens is 5. The summed E-state index contributed by atoms with van der Waals surface area (Å²) in [7, 11) is 0.